The van der Waals surface area contributed by atoms with E-state index < -0.39 is 18.1 Å². The predicted octanol–water partition coefficient (Wildman–Crippen LogP) is 3.32. The van der Waals surface area contributed by atoms with Crippen molar-refractivity contribution in [2.45, 2.75) is 43.7 Å². The van der Waals surface area contributed by atoms with Crippen molar-refractivity contribution in [3.8, 4) is 5.75 Å². The molecule has 0 aromatic heterocycles. The topological polar surface area (TPSA) is 78.9 Å². The number of carbonyl (C=O) groups excluding carboxylic acids is 1. The van der Waals surface area contributed by atoms with Crippen LogP contribution in [0.5, 0.6) is 5.75 Å². The average molecular weight is 426 g/mol. The number of halogens is 1. The van der Waals surface area contributed by atoms with E-state index in [0.717, 1.165) is 24.8 Å². The molecule has 2 aliphatic heterocycles. The van der Waals surface area contributed by atoms with Crippen LogP contribution in [0.15, 0.2) is 48.5 Å². The third-order valence-corrected chi connectivity index (χ3v) is 6.28. The molecule has 2 aliphatic rings. The van der Waals surface area contributed by atoms with Crippen molar-refractivity contribution in [3.05, 3.63) is 65.5 Å². The first-order chi connectivity index (χ1) is 15.0. The Morgan fingerprint density at radius 2 is 1.97 bits per heavy atom. The minimum absolute atomic E-state index is 0.0193. The Bertz CT molecular complexity index is 966. The Morgan fingerprint density at radius 3 is 2.77 bits per heavy atom. The number of aliphatic carboxylic acids is 1. The maximum absolute atomic E-state index is 14.8. The van der Waals surface area contributed by atoms with Crippen LogP contribution >= 0.6 is 0 Å². The fraction of sp³-hybridized carbons (Fsp3) is 0.417. The number of ether oxygens (including phenoxy) is 1. The molecule has 7 heteroatoms. The molecule has 0 bridgehead atoms. The van der Waals surface area contributed by atoms with Gasteiger partial charge in [0.25, 0.3) is 0 Å². The summed E-state index contributed by atoms with van der Waals surface area (Å²) >= 11 is 0. The Balaban J connectivity index is 1.62. The first-order valence-corrected chi connectivity index (χ1v) is 10.7. The quantitative estimate of drug-likeness (QED) is 0.741. The number of carboxylic acid groups (broad SMARTS) is 1. The monoisotopic (exact) mass is 426 g/mol. The van der Waals surface area contributed by atoms with Gasteiger partial charge in [-0.3, -0.25) is 9.69 Å². The van der Waals surface area contributed by atoms with Crippen LogP contribution in [-0.2, 0) is 16.1 Å². The van der Waals surface area contributed by atoms with E-state index in [4.69, 9.17) is 9.84 Å². The molecule has 1 spiro atoms. The van der Waals surface area contributed by atoms with Crippen LogP contribution < -0.4 is 10.1 Å². The highest BCUT2D eigenvalue weighted by molar-refractivity contribution is 5.77. The first kappa shape index (κ1) is 21.3. The highest BCUT2D eigenvalue weighted by atomic mass is 19.1. The SMILES string of the molecule is O=C(O)COc1ccccc1CN1C[C@@H](c2ccccc2F)[C@@]2(CCCCC(=O)N2)C1. The zero-order valence-electron chi connectivity index (χ0n) is 17.4. The molecule has 2 saturated heterocycles. The molecule has 0 saturated carbocycles. The van der Waals surface area contributed by atoms with Gasteiger partial charge in [-0.15, -0.1) is 0 Å². The largest absolute Gasteiger partial charge is 0.482 e. The third kappa shape index (κ3) is 4.71. The third-order valence-electron chi connectivity index (χ3n) is 6.28. The zero-order valence-corrected chi connectivity index (χ0v) is 17.4. The summed E-state index contributed by atoms with van der Waals surface area (Å²) in [6.07, 6.45) is 3.04. The van der Waals surface area contributed by atoms with Crippen LogP contribution in [0.3, 0.4) is 0 Å². The number of amides is 1. The number of para-hydroxylation sites is 1. The Labute approximate surface area is 181 Å². The highest BCUT2D eigenvalue weighted by Crippen LogP contribution is 2.42. The van der Waals surface area contributed by atoms with Crippen molar-refractivity contribution in [1.82, 2.24) is 10.2 Å². The van der Waals surface area contributed by atoms with Crippen molar-refractivity contribution >= 4 is 11.9 Å². The fourth-order valence-corrected chi connectivity index (χ4v) is 4.95. The molecule has 2 aromatic carbocycles. The normalized spacial score (nSPS) is 24.0. The van der Waals surface area contributed by atoms with Gasteiger partial charge in [-0.2, -0.15) is 0 Å². The second-order valence-corrected chi connectivity index (χ2v) is 8.45. The molecule has 0 radical (unpaired) electrons. The summed E-state index contributed by atoms with van der Waals surface area (Å²) in [6, 6.07) is 14.2. The molecule has 0 aliphatic carbocycles. The molecule has 2 atom stereocenters. The number of nitrogens with one attached hydrogen (secondary N) is 1. The number of carboxylic acids is 1. The molecule has 1 amide bonds. The van der Waals surface area contributed by atoms with Crippen LogP contribution in [0.1, 0.15) is 42.7 Å². The number of hydrogen-bond donors (Lipinski definition) is 2. The summed E-state index contributed by atoms with van der Waals surface area (Å²) in [7, 11) is 0. The van der Waals surface area contributed by atoms with Crippen molar-refractivity contribution in [1.29, 1.82) is 0 Å². The van der Waals surface area contributed by atoms with Gasteiger partial charge in [-0.05, 0) is 30.5 Å². The van der Waals surface area contributed by atoms with E-state index >= 15 is 0 Å². The number of hydrogen-bond acceptors (Lipinski definition) is 4. The number of rotatable bonds is 6. The van der Waals surface area contributed by atoms with Gasteiger partial charge in [0.1, 0.15) is 11.6 Å². The number of benzene rings is 2. The van der Waals surface area contributed by atoms with E-state index in [9.17, 15) is 14.0 Å². The van der Waals surface area contributed by atoms with E-state index in [2.05, 4.69) is 10.2 Å². The van der Waals surface area contributed by atoms with Crippen LogP contribution in [0.25, 0.3) is 0 Å². The summed E-state index contributed by atoms with van der Waals surface area (Å²) in [5.41, 5.74) is 0.975. The van der Waals surface area contributed by atoms with E-state index in [1.165, 1.54) is 6.07 Å². The molecule has 4 rings (SSSR count). The molecule has 2 heterocycles. The maximum Gasteiger partial charge on any atom is 0.341 e. The summed E-state index contributed by atoms with van der Waals surface area (Å²) in [5, 5.41) is 12.2. The predicted molar refractivity (Wildman–Crippen MR) is 113 cm³/mol. The highest BCUT2D eigenvalue weighted by Gasteiger charge is 2.49. The van der Waals surface area contributed by atoms with Crippen LogP contribution in [0.4, 0.5) is 4.39 Å². The lowest BCUT2D eigenvalue weighted by Crippen LogP contribution is -2.52. The molecule has 0 unspecified atom stereocenters. The number of carbonyl (C=O) groups is 2. The second-order valence-electron chi connectivity index (χ2n) is 8.45. The molecule has 2 N–H and O–H groups in total. The molecular weight excluding hydrogens is 399 g/mol. The van der Waals surface area contributed by atoms with Gasteiger partial charge in [0.15, 0.2) is 6.61 Å². The molecule has 6 nitrogen and oxygen atoms in total. The minimum atomic E-state index is -1.03. The van der Waals surface area contributed by atoms with E-state index in [1.54, 1.807) is 18.2 Å². The summed E-state index contributed by atoms with van der Waals surface area (Å²) < 4.78 is 20.2. The van der Waals surface area contributed by atoms with Gasteiger partial charge in [-0.1, -0.05) is 42.8 Å². The lowest BCUT2D eigenvalue weighted by molar-refractivity contribution is -0.139. The van der Waals surface area contributed by atoms with Crippen LogP contribution in [0, 0.1) is 5.82 Å². The Kier molecular flexibility index (Phi) is 6.23. The molecule has 164 valence electrons. The van der Waals surface area contributed by atoms with Gasteiger partial charge in [-0.25, -0.2) is 9.18 Å². The molecular formula is C24H27FN2O4. The molecule has 2 fully saturated rings. The standard InChI is InChI=1S/C24H27FN2O4/c25-20-9-3-2-8-18(20)19-14-27(16-24(19)12-6-5-11-22(28)26-24)13-17-7-1-4-10-21(17)31-15-23(29)30/h1-4,7-10,19H,5-6,11-16H2,(H,26,28)(H,29,30)/t19-,24+/m0/s1. The number of nitrogens with zero attached hydrogens (tertiary/aromatic N) is 1. The fourth-order valence-electron chi connectivity index (χ4n) is 4.95. The first-order valence-electron chi connectivity index (χ1n) is 10.7. The zero-order chi connectivity index (χ0) is 21.8. The summed E-state index contributed by atoms with van der Waals surface area (Å²) in [5.74, 6) is -0.903. The van der Waals surface area contributed by atoms with Gasteiger partial charge in [0, 0.05) is 37.5 Å². The van der Waals surface area contributed by atoms with Crippen molar-refractivity contribution in [3.63, 3.8) is 0 Å². The Hall–Kier alpha value is -2.93. The van der Waals surface area contributed by atoms with E-state index in [-0.39, 0.29) is 17.6 Å². The smallest absolute Gasteiger partial charge is 0.341 e. The Morgan fingerprint density at radius 1 is 1.19 bits per heavy atom. The van der Waals surface area contributed by atoms with E-state index in [1.807, 2.05) is 24.3 Å². The summed E-state index contributed by atoms with van der Waals surface area (Å²) in [6.45, 7) is 1.31. The van der Waals surface area contributed by atoms with Crippen LogP contribution in [0.2, 0.25) is 0 Å². The maximum atomic E-state index is 14.8. The molecule has 2 aromatic rings. The number of likely N-dealkylation sites (tertiary alicyclic amines) is 1. The molecule has 31 heavy (non-hydrogen) atoms. The van der Waals surface area contributed by atoms with Crippen molar-refractivity contribution in [2.24, 2.45) is 0 Å². The minimum Gasteiger partial charge on any atom is -0.482 e. The average Bonchev–Trinajstić information content (AvgIpc) is 2.96. The van der Waals surface area contributed by atoms with Gasteiger partial charge >= 0.3 is 5.97 Å². The lowest BCUT2D eigenvalue weighted by Gasteiger charge is -2.35. The van der Waals surface area contributed by atoms with Crippen molar-refractivity contribution < 1.29 is 23.8 Å². The summed E-state index contributed by atoms with van der Waals surface area (Å²) in [4.78, 5) is 25.6. The van der Waals surface area contributed by atoms with Crippen molar-refractivity contribution in [2.75, 3.05) is 19.7 Å². The van der Waals surface area contributed by atoms with Crippen LogP contribution in [-0.4, -0.2) is 47.1 Å². The van der Waals surface area contributed by atoms with E-state index in [0.29, 0.717) is 37.4 Å². The van der Waals surface area contributed by atoms with Gasteiger partial charge < -0.3 is 15.2 Å². The second kappa shape index (κ2) is 9.06. The van der Waals surface area contributed by atoms with Gasteiger partial charge in [0.2, 0.25) is 5.91 Å². The lowest BCUT2D eigenvalue weighted by atomic mass is 9.78. The van der Waals surface area contributed by atoms with Gasteiger partial charge in [0.05, 0.1) is 5.54 Å².